The maximum Gasteiger partial charge on any atom is 0.251 e. The van der Waals surface area contributed by atoms with Crippen LogP contribution in [-0.2, 0) is 5.41 Å². The van der Waals surface area contributed by atoms with Crippen molar-refractivity contribution >= 4 is 11.7 Å². The highest BCUT2D eigenvalue weighted by Gasteiger charge is 2.22. The van der Waals surface area contributed by atoms with Crippen molar-refractivity contribution in [3.63, 3.8) is 0 Å². The third-order valence-electron chi connectivity index (χ3n) is 3.55. The number of nitrogens with zero attached hydrogens (tertiary/aromatic N) is 1. The number of anilines is 1. The number of carbonyl (C=O) groups is 1. The maximum absolute atomic E-state index is 12.2. The van der Waals surface area contributed by atoms with Gasteiger partial charge in [-0.25, -0.2) is 4.98 Å². The fourth-order valence-electron chi connectivity index (χ4n) is 2.00. The van der Waals surface area contributed by atoms with Crippen LogP contribution in [0.1, 0.15) is 56.1 Å². The lowest BCUT2D eigenvalue weighted by Crippen LogP contribution is -2.39. The minimum Gasteiger partial charge on any atom is -0.373 e. The van der Waals surface area contributed by atoms with Crippen molar-refractivity contribution in [1.29, 1.82) is 0 Å². The Morgan fingerprint density at radius 2 is 2.00 bits per heavy atom. The third-order valence-corrected chi connectivity index (χ3v) is 3.55. The molecule has 1 aromatic rings. The lowest BCUT2D eigenvalue weighted by molar-refractivity contribution is 0.0916. The molecule has 0 aromatic carbocycles. The summed E-state index contributed by atoms with van der Waals surface area (Å²) in [5.74, 6) is 0.750. The summed E-state index contributed by atoms with van der Waals surface area (Å²) in [7, 11) is 1.82. The largest absolute Gasteiger partial charge is 0.373 e. The topological polar surface area (TPSA) is 54.0 Å². The van der Waals surface area contributed by atoms with E-state index in [0.29, 0.717) is 11.6 Å². The third kappa shape index (κ3) is 3.25. The van der Waals surface area contributed by atoms with Crippen molar-refractivity contribution in [3.8, 4) is 0 Å². The number of amides is 1. The van der Waals surface area contributed by atoms with Crippen molar-refractivity contribution in [2.75, 3.05) is 12.4 Å². The van der Waals surface area contributed by atoms with Gasteiger partial charge in [-0.1, -0.05) is 20.8 Å². The molecule has 1 aliphatic rings. The van der Waals surface area contributed by atoms with Crippen LogP contribution in [0.25, 0.3) is 0 Å². The number of hydrogen-bond acceptors (Lipinski definition) is 3. The Morgan fingerprint density at radius 3 is 2.47 bits per heavy atom. The minimum atomic E-state index is -0.0711. The maximum atomic E-state index is 12.2. The average molecular weight is 261 g/mol. The van der Waals surface area contributed by atoms with Gasteiger partial charge >= 0.3 is 0 Å². The molecule has 0 spiro atoms. The highest BCUT2D eigenvalue weighted by molar-refractivity contribution is 5.95. The normalized spacial score (nSPS) is 15.8. The Kier molecular flexibility index (Phi) is 3.78. The summed E-state index contributed by atoms with van der Waals surface area (Å²) in [4.78, 5) is 16.8. The van der Waals surface area contributed by atoms with Gasteiger partial charge in [0, 0.05) is 29.8 Å². The highest BCUT2D eigenvalue weighted by Crippen LogP contribution is 2.24. The molecule has 0 bridgehead atoms. The number of rotatable bonds is 3. The van der Waals surface area contributed by atoms with E-state index in [4.69, 9.17) is 0 Å². The molecule has 0 radical (unpaired) electrons. The molecular formula is C15H23N3O. The number of carbonyl (C=O) groups excluding carboxylic acids is 1. The smallest absolute Gasteiger partial charge is 0.251 e. The molecule has 2 rings (SSSR count). The molecule has 1 amide bonds. The summed E-state index contributed by atoms with van der Waals surface area (Å²) >= 11 is 0. The van der Waals surface area contributed by atoms with Gasteiger partial charge in [0.25, 0.3) is 5.91 Å². The predicted molar refractivity (Wildman–Crippen MR) is 77.6 cm³/mol. The fourth-order valence-corrected chi connectivity index (χ4v) is 2.00. The molecule has 0 unspecified atom stereocenters. The van der Waals surface area contributed by atoms with Crippen LogP contribution in [0.15, 0.2) is 12.1 Å². The first-order valence-corrected chi connectivity index (χ1v) is 6.91. The van der Waals surface area contributed by atoms with Crippen molar-refractivity contribution in [1.82, 2.24) is 10.3 Å². The second-order valence-electron chi connectivity index (χ2n) is 6.23. The van der Waals surface area contributed by atoms with Gasteiger partial charge in [0.2, 0.25) is 0 Å². The van der Waals surface area contributed by atoms with Crippen molar-refractivity contribution in [2.24, 2.45) is 0 Å². The van der Waals surface area contributed by atoms with Gasteiger partial charge in [-0.3, -0.25) is 4.79 Å². The SMILES string of the molecule is CNc1cc(C(=O)NC2CCC2)cc(C(C)(C)C)n1. The van der Waals surface area contributed by atoms with Crippen LogP contribution in [0.3, 0.4) is 0 Å². The molecule has 1 aliphatic carbocycles. The molecule has 0 aliphatic heterocycles. The number of nitrogens with one attached hydrogen (secondary N) is 2. The summed E-state index contributed by atoms with van der Waals surface area (Å²) in [5, 5.41) is 6.09. The van der Waals surface area contributed by atoms with E-state index in [-0.39, 0.29) is 11.3 Å². The van der Waals surface area contributed by atoms with Crippen LogP contribution in [-0.4, -0.2) is 24.0 Å². The monoisotopic (exact) mass is 261 g/mol. The van der Waals surface area contributed by atoms with E-state index in [2.05, 4.69) is 36.4 Å². The Morgan fingerprint density at radius 1 is 1.32 bits per heavy atom. The number of pyridine rings is 1. The zero-order valence-electron chi connectivity index (χ0n) is 12.2. The van der Waals surface area contributed by atoms with Crippen LogP contribution in [0.4, 0.5) is 5.82 Å². The van der Waals surface area contributed by atoms with Gasteiger partial charge in [-0.15, -0.1) is 0 Å². The average Bonchev–Trinajstić information content (AvgIpc) is 2.31. The van der Waals surface area contributed by atoms with Gasteiger partial charge < -0.3 is 10.6 Å². The second kappa shape index (κ2) is 5.19. The quantitative estimate of drug-likeness (QED) is 0.879. The molecule has 19 heavy (non-hydrogen) atoms. The molecule has 4 nitrogen and oxygen atoms in total. The van der Waals surface area contributed by atoms with Crippen molar-refractivity contribution in [2.45, 2.75) is 51.5 Å². The molecule has 104 valence electrons. The Labute approximate surface area is 115 Å². The summed E-state index contributed by atoms with van der Waals surface area (Å²) in [6, 6.07) is 4.06. The Bertz CT molecular complexity index is 473. The molecule has 0 atom stereocenters. The first-order valence-electron chi connectivity index (χ1n) is 6.91. The summed E-state index contributed by atoms with van der Waals surface area (Å²) in [6.07, 6.45) is 3.42. The molecule has 4 heteroatoms. The lowest BCUT2D eigenvalue weighted by Gasteiger charge is -2.27. The number of hydrogen-bond donors (Lipinski definition) is 2. The van der Waals surface area contributed by atoms with Gasteiger partial charge in [-0.05, 0) is 31.4 Å². The molecule has 1 heterocycles. The van der Waals surface area contributed by atoms with E-state index in [9.17, 15) is 4.79 Å². The van der Waals surface area contributed by atoms with Gasteiger partial charge in [0.1, 0.15) is 5.82 Å². The first kappa shape index (κ1) is 13.8. The van der Waals surface area contributed by atoms with E-state index < -0.39 is 0 Å². The van der Waals surface area contributed by atoms with Crippen LogP contribution in [0.5, 0.6) is 0 Å². The van der Waals surface area contributed by atoms with Crippen molar-refractivity contribution in [3.05, 3.63) is 23.4 Å². The van der Waals surface area contributed by atoms with E-state index in [1.807, 2.05) is 19.2 Å². The molecule has 0 saturated heterocycles. The molecular weight excluding hydrogens is 238 g/mol. The van der Waals surface area contributed by atoms with E-state index in [1.165, 1.54) is 6.42 Å². The second-order valence-corrected chi connectivity index (χ2v) is 6.23. The summed E-state index contributed by atoms with van der Waals surface area (Å²) in [5.41, 5.74) is 1.55. The zero-order chi connectivity index (χ0) is 14.0. The molecule has 1 saturated carbocycles. The predicted octanol–water partition coefficient (Wildman–Crippen LogP) is 2.70. The zero-order valence-corrected chi connectivity index (χ0v) is 12.2. The van der Waals surface area contributed by atoms with E-state index >= 15 is 0 Å². The Hall–Kier alpha value is -1.58. The highest BCUT2D eigenvalue weighted by atomic mass is 16.1. The van der Waals surface area contributed by atoms with Crippen LogP contribution in [0, 0.1) is 0 Å². The standard InChI is InChI=1S/C15H23N3O/c1-15(2,3)12-8-10(9-13(16-4)18-12)14(19)17-11-6-5-7-11/h8-9,11H,5-7H2,1-4H3,(H,16,18)(H,17,19). The van der Waals surface area contributed by atoms with E-state index in [1.54, 1.807) is 0 Å². The summed E-state index contributed by atoms with van der Waals surface area (Å²) in [6.45, 7) is 6.30. The van der Waals surface area contributed by atoms with Crippen molar-refractivity contribution < 1.29 is 4.79 Å². The van der Waals surface area contributed by atoms with Crippen LogP contribution < -0.4 is 10.6 Å². The van der Waals surface area contributed by atoms with Gasteiger partial charge in [0.15, 0.2) is 0 Å². The molecule has 1 fully saturated rings. The lowest BCUT2D eigenvalue weighted by atomic mass is 9.90. The molecule has 2 N–H and O–H groups in total. The fraction of sp³-hybridized carbons (Fsp3) is 0.600. The minimum absolute atomic E-state index is 0.00843. The van der Waals surface area contributed by atoms with Gasteiger partial charge in [0.05, 0.1) is 0 Å². The first-order chi connectivity index (χ1) is 8.90. The molecule has 1 aromatic heterocycles. The van der Waals surface area contributed by atoms with Crippen LogP contribution in [0.2, 0.25) is 0 Å². The summed E-state index contributed by atoms with van der Waals surface area (Å²) < 4.78 is 0. The van der Waals surface area contributed by atoms with Crippen LogP contribution >= 0.6 is 0 Å². The van der Waals surface area contributed by atoms with Gasteiger partial charge in [-0.2, -0.15) is 0 Å². The number of aromatic nitrogens is 1. The Balaban J connectivity index is 2.25. The van der Waals surface area contributed by atoms with E-state index in [0.717, 1.165) is 24.4 Å².